The third-order valence-electron chi connectivity index (χ3n) is 2.46. The molecule has 0 heterocycles. The molecular weight excluding hydrogens is 291 g/mol. The summed E-state index contributed by atoms with van der Waals surface area (Å²) in [6, 6.07) is 4.49. The highest BCUT2D eigenvalue weighted by molar-refractivity contribution is 6.43. The highest BCUT2D eigenvalue weighted by Crippen LogP contribution is 2.29. The van der Waals surface area contributed by atoms with Crippen LogP contribution in [0.2, 0.25) is 10.0 Å². The highest BCUT2D eigenvalue weighted by Gasteiger charge is 2.15. The van der Waals surface area contributed by atoms with Gasteiger partial charge in [-0.25, -0.2) is 4.79 Å². The summed E-state index contributed by atoms with van der Waals surface area (Å²) in [5, 5.41) is 11.8. The molecule has 2 N–H and O–H groups in total. The molecule has 0 radical (unpaired) electrons. The van der Waals surface area contributed by atoms with Crippen LogP contribution in [0.25, 0.3) is 0 Å². The maximum atomic E-state index is 11.9. The molecule has 0 saturated heterocycles. The molecule has 0 saturated carbocycles. The molecule has 5 nitrogen and oxygen atoms in total. The predicted molar refractivity (Wildman–Crippen MR) is 75.0 cm³/mol. The standard InChI is InChI=1S/C12H14Cl2N2O3/c1-2-16(7-6-10(17)18)12(19)15-9-5-3-4-8(13)11(9)14/h3-5H,2,6-7H2,1H3,(H,15,19)(H,17,18). The minimum Gasteiger partial charge on any atom is -0.481 e. The molecule has 0 aliphatic rings. The van der Waals surface area contributed by atoms with Crippen molar-refractivity contribution in [3.05, 3.63) is 28.2 Å². The Bertz CT molecular complexity index is 480. The van der Waals surface area contributed by atoms with Gasteiger partial charge in [-0.3, -0.25) is 4.79 Å². The number of anilines is 1. The normalized spacial score (nSPS) is 10.1. The first kappa shape index (κ1) is 15.6. The fourth-order valence-electron chi connectivity index (χ4n) is 1.43. The minimum atomic E-state index is -0.952. The van der Waals surface area contributed by atoms with Crippen LogP contribution in [0.15, 0.2) is 18.2 Å². The first-order valence-corrected chi connectivity index (χ1v) is 6.43. The minimum absolute atomic E-state index is 0.107. The number of carbonyl (C=O) groups is 2. The van der Waals surface area contributed by atoms with Crippen molar-refractivity contribution in [2.75, 3.05) is 18.4 Å². The average molecular weight is 305 g/mol. The van der Waals surface area contributed by atoms with Gasteiger partial charge >= 0.3 is 12.0 Å². The molecule has 1 aromatic carbocycles. The van der Waals surface area contributed by atoms with Crippen molar-refractivity contribution in [1.82, 2.24) is 4.90 Å². The van der Waals surface area contributed by atoms with E-state index in [0.29, 0.717) is 17.3 Å². The third kappa shape index (κ3) is 4.61. The second-order valence-corrected chi connectivity index (χ2v) is 4.54. The number of rotatable bonds is 5. The van der Waals surface area contributed by atoms with E-state index in [9.17, 15) is 9.59 Å². The summed E-state index contributed by atoms with van der Waals surface area (Å²) in [5.74, 6) is -0.952. The molecule has 1 aromatic rings. The van der Waals surface area contributed by atoms with E-state index in [1.54, 1.807) is 25.1 Å². The van der Waals surface area contributed by atoms with Crippen LogP contribution < -0.4 is 5.32 Å². The summed E-state index contributed by atoms with van der Waals surface area (Å²) in [6.07, 6.45) is -0.107. The number of hydrogen-bond acceptors (Lipinski definition) is 2. The highest BCUT2D eigenvalue weighted by atomic mass is 35.5. The van der Waals surface area contributed by atoms with E-state index in [1.807, 2.05) is 0 Å². The Labute approximate surface area is 121 Å². The molecule has 0 spiro atoms. The number of hydrogen-bond donors (Lipinski definition) is 2. The van der Waals surface area contributed by atoms with Gasteiger partial charge in [0, 0.05) is 13.1 Å². The van der Waals surface area contributed by atoms with Gasteiger partial charge in [-0.05, 0) is 19.1 Å². The Kier molecular flexibility index (Phi) is 5.92. The van der Waals surface area contributed by atoms with Gasteiger partial charge in [0.05, 0.1) is 22.2 Å². The van der Waals surface area contributed by atoms with E-state index < -0.39 is 12.0 Å². The van der Waals surface area contributed by atoms with Crippen LogP contribution >= 0.6 is 23.2 Å². The van der Waals surface area contributed by atoms with Crippen LogP contribution in [-0.2, 0) is 4.79 Å². The molecule has 0 bridgehead atoms. The number of benzene rings is 1. The van der Waals surface area contributed by atoms with Crippen molar-refractivity contribution >= 4 is 40.9 Å². The predicted octanol–water partition coefficient (Wildman–Crippen LogP) is 3.32. The van der Waals surface area contributed by atoms with Crippen LogP contribution in [0.1, 0.15) is 13.3 Å². The lowest BCUT2D eigenvalue weighted by atomic mass is 10.3. The summed E-state index contributed by atoms with van der Waals surface area (Å²) in [7, 11) is 0. The number of halogens is 2. The van der Waals surface area contributed by atoms with Crippen molar-refractivity contribution in [2.24, 2.45) is 0 Å². The van der Waals surface area contributed by atoms with Crippen molar-refractivity contribution in [3.8, 4) is 0 Å². The summed E-state index contributed by atoms with van der Waals surface area (Å²) in [6.45, 7) is 2.30. The summed E-state index contributed by atoms with van der Waals surface area (Å²) < 4.78 is 0. The number of amides is 2. The van der Waals surface area contributed by atoms with Crippen molar-refractivity contribution in [3.63, 3.8) is 0 Å². The summed E-state index contributed by atoms with van der Waals surface area (Å²) in [4.78, 5) is 23.8. The molecule has 0 atom stereocenters. The lowest BCUT2D eigenvalue weighted by Crippen LogP contribution is -2.36. The maximum Gasteiger partial charge on any atom is 0.321 e. The van der Waals surface area contributed by atoms with Gasteiger partial charge < -0.3 is 15.3 Å². The number of carboxylic acids is 1. The Hall–Kier alpha value is -1.46. The largest absolute Gasteiger partial charge is 0.481 e. The fraction of sp³-hybridized carbons (Fsp3) is 0.333. The summed E-state index contributed by atoms with van der Waals surface area (Å²) >= 11 is 11.8. The number of nitrogens with zero attached hydrogens (tertiary/aromatic N) is 1. The van der Waals surface area contributed by atoms with Gasteiger partial charge in [-0.15, -0.1) is 0 Å². The van der Waals surface area contributed by atoms with Crippen molar-refractivity contribution in [1.29, 1.82) is 0 Å². The fourth-order valence-corrected chi connectivity index (χ4v) is 1.78. The number of carbonyl (C=O) groups excluding carboxylic acids is 1. The van der Waals surface area contributed by atoms with Crippen molar-refractivity contribution < 1.29 is 14.7 Å². The zero-order valence-electron chi connectivity index (χ0n) is 10.3. The quantitative estimate of drug-likeness (QED) is 0.876. The Morgan fingerprint density at radius 3 is 2.63 bits per heavy atom. The molecule has 0 fully saturated rings. The average Bonchev–Trinajstić information content (AvgIpc) is 2.35. The van der Waals surface area contributed by atoms with Gasteiger partial charge in [0.25, 0.3) is 0 Å². The molecule has 104 valence electrons. The van der Waals surface area contributed by atoms with E-state index >= 15 is 0 Å². The monoisotopic (exact) mass is 304 g/mol. The molecule has 2 amide bonds. The van der Waals surface area contributed by atoms with E-state index in [2.05, 4.69) is 5.32 Å². The Balaban J connectivity index is 2.71. The molecule has 0 aliphatic heterocycles. The van der Waals surface area contributed by atoms with Crippen LogP contribution in [0.3, 0.4) is 0 Å². The summed E-state index contributed by atoms with van der Waals surface area (Å²) in [5.41, 5.74) is 0.396. The topological polar surface area (TPSA) is 69.6 Å². The molecule has 0 unspecified atom stereocenters. The first-order chi connectivity index (χ1) is 8.95. The molecular formula is C12H14Cl2N2O3. The molecule has 0 aromatic heterocycles. The number of aliphatic carboxylic acids is 1. The second-order valence-electron chi connectivity index (χ2n) is 3.75. The second kappa shape index (κ2) is 7.21. The lowest BCUT2D eigenvalue weighted by molar-refractivity contribution is -0.137. The van der Waals surface area contributed by atoms with Crippen LogP contribution in [0, 0.1) is 0 Å². The van der Waals surface area contributed by atoms with Crippen molar-refractivity contribution in [2.45, 2.75) is 13.3 Å². The number of urea groups is 1. The molecule has 1 rings (SSSR count). The van der Waals surface area contributed by atoms with Gasteiger partial charge in [-0.1, -0.05) is 29.3 Å². The third-order valence-corrected chi connectivity index (χ3v) is 3.28. The number of carboxylic acid groups (broad SMARTS) is 1. The van der Waals surface area contributed by atoms with Gasteiger partial charge in [0.1, 0.15) is 0 Å². The van der Waals surface area contributed by atoms with Gasteiger partial charge in [0.15, 0.2) is 0 Å². The molecule has 19 heavy (non-hydrogen) atoms. The van der Waals surface area contributed by atoms with Crippen LogP contribution in [0.4, 0.5) is 10.5 Å². The van der Waals surface area contributed by atoms with Gasteiger partial charge in [0.2, 0.25) is 0 Å². The van der Waals surface area contributed by atoms with E-state index in [-0.39, 0.29) is 18.0 Å². The van der Waals surface area contributed by atoms with Crippen LogP contribution in [0.5, 0.6) is 0 Å². The SMILES string of the molecule is CCN(CCC(=O)O)C(=O)Nc1cccc(Cl)c1Cl. The zero-order valence-corrected chi connectivity index (χ0v) is 11.8. The Morgan fingerprint density at radius 2 is 2.05 bits per heavy atom. The molecule has 7 heteroatoms. The van der Waals surface area contributed by atoms with Gasteiger partial charge in [-0.2, -0.15) is 0 Å². The maximum absolute atomic E-state index is 11.9. The van der Waals surface area contributed by atoms with E-state index in [4.69, 9.17) is 28.3 Å². The first-order valence-electron chi connectivity index (χ1n) is 5.67. The molecule has 0 aliphatic carbocycles. The van der Waals surface area contributed by atoms with E-state index in [1.165, 1.54) is 4.90 Å². The van der Waals surface area contributed by atoms with Crippen LogP contribution in [-0.4, -0.2) is 35.1 Å². The number of nitrogens with one attached hydrogen (secondary N) is 1. The smallest absolute Gasteiger partial charge is 0.321 e. The zero-order chi connectivity index (χ0) is 14.4. The lowest BCUT2D eigenvalue weighted by Gasteiger charge is -2.21. The Morgan fingerprint density at radius 1 is 1.37 bits per heavy atom. The van der Waals surface area contributed by atoms with E-state index in [0.717, 1.165) is 0 Å².